The second-order valence-corrected chi connectivity index (χ2v) is 8.51. The molecular weight excluding hydrogens is 402 g/mol. The molecule has 1 saturated heterocycles. The smallest absolute Gasteiger partial charge is 0.242 e. The van der Waals surface area contributed by atoms with Gasteiger partial charge in [0.25, 0.3) is 0 Å². The third-order valence-electron chi connectivity index (χ3n) is 5.20. The molecule has 0 saturated carbocycles. The molecule has 2 amide bonds. The van der Waals surface area contributed by atoms with Gasteiger partial charge in [-0.05, 0) is 49.9 Å². The van der Waals surface area contributed by atoms with E-state index in [0.717, 1.165) is 17.8 Å². The Morgan fingerprint density at radius 2 is 2.07 bits per heavy atom. The number of oxime groups is 1. The molecule has 3 atom stereocenters. The molecule has 3 rings (SSSR count). The van der Waals surface area contributed by atoms with Crippen molar-refractivity contribution in [1.29, 1.82) is 0 Å². The number of nitrogens with one attached hydrogen (secondary N) is 3. The average molecular weight is 430 g/mol. The summed E-state index contributed by atoms with van der Waals surface area (Å²) in [6.07, 6.45) is 1.69. The molecule has 0 bridgehead atoms. The van der Waals surface area contributed by atoms with Crippen molar-refractivity contribution in [3.8, 4) is 0 Å². The number of amidine groups is 1. The number of amides is 2. The molecule has 1 aromatic heterocycles. The van der Waals surface area contributed by atoms with Crippen molar-refractivity contribution < 1.29 is 14.8 Å². The Bertz CT molecular complexity index is 899. The molecule has 0 spiro atoms. The van der Waals surface area contributed by atoms with Crippen molar-refractivity contribution in [1.82, 2.24) is 16.0 Å². The zero-order chi connectivity index (χ0) is 21.5. The van der Waals surface area contributed by atoms with Gasteiger partial charge >= 0.3 is 0 Å². The molecule has 2 unspecified atom stereocenters. The van der Waals surface area contributed by atoms with Gasteiger partial charge in [0.15, 0.2) is 5.84 Å². The molecule has 1 fully saturated rings. The third-order valence-corrected chi connectivity index (χ3v) is 6.31. The molecule has 6 N–H and O–H groups in total. The number of nitrogens with two attached hydrogens (primary N) is 1. The largest absolute Gasteiger partial charge is 0.409 e. The summed E-state index contributed by atoms with van der Waals surface area (Å²) >= 11 is 1.33. The summed E-state index contributed by atoms with van der Waals surface area (Å²) in [5.41, 5.74) is 6.79. The van der Waals surface area contributed by atoms with E-state index in [4.69, 9.17) is 10.9 Å². The Morgan fingerprint density at radius 1 is 1.30 bits per heavy atom. The standard InChI is InChI=1S/C21H27N5O3S/c1-13(20(27)24-12-16-7-8-18(30-16)19(22)26-29)25-21(28)17-11-15(9-10-23-17)14-5-3-2-4-6-14/h2-8,13,15,17,23,29H,9-12H2,1H3,(H2,22,26)(H,24,27)(H,25,28)/t13-,15?,17?/m0/s1. The number of thiophene rings is 1. The van der Waals surface area contributed by atoms with E-state index in [2.05, 4.69) is 33.2 Å². The van der Waals surface area contributed by atoms with Crippen LogP contribution in [0.1, 0.15) is 41.0 Å². The van der Waals surface area contributed by atoms with E-state index in [1.165, 1.54) is 16.9 Å². The van der Waals surface area contributed by atoms with Gasteiger partial charge in [0.05, 0.1) is 17.5 Å². The number of hydrogen-bond acceptors (Lipinski definition) is 6. The predicted octanol–water partition coefficient (Wildman–Crippen LogP) is 1.50. The van der Waals surface area contributed by atoms with Crippen molar-refractivity contribution in [2.75, 3.05) is 6.54 Å². The monoisotopic (exact) mass is 429 g/mol. The molecular formula is C21H27N5O3S. The zero-order valence-electron chi connectivity index (χ0n) is 16.8. The van der Waals surface area contributed by atoms with Crippen LogP contribution in [0.2, 0.25) is 0 Å². The Morgan fingerprint density at radius 3 is 2.80 bits per heavy atom. The van der Waals surface area contributed by atoms with Crippen LogP contribution in [0.5, 0.6) is 0 Å². The van der Waals surface area contributed by atoms with Crippen molar-refractivity contribution in [3.05, 3.63) is 57.8 Å². The fourth-order valence-electron chi connectivity index (χ4n) is 3.51. The highest BCUT2D eigenvalue weighted by atomic mass is 32.1. The van der Waals surface area contributed by atoms with E-state index in [9.17, 15) is 9.59 Å². The number of nitrogens with zero attached hydrogens (tertiary/aromatic N) is 1. The molecule has 30 heavy (non-hydrogen) atoms. The minimum Gasteiger partial charge on any atom is -0.409 e. The highest BCUT2D eigenvalue weighted by Crippen LogP contribution is 2.27. The fraction of sp³-hybridized carbons (Fsp3) is 0.381. The van der Waals surface area contributed by atoms with Gasteiger partial charge in [-0.15, -0.1) is 11.3 Å². The lowest BCUT2D eigenvalue weighted by Crippen LogP contribution is -2.53. The second kappa shape index (κ2) is 10.2. The lowest BCUT2D eigenvalue weighted by Gasteiger charge is -2.30. The SMILES string of the molecule is C[C@H](NC(=O)C1CC(c2ccccc2)CCN1)C(=O)NCc1ccc(/C(N)=N/O)s1. The van der Waals surface area contributed by atoms with Gasteiger partial charge < -0.3 is 26.9 Å². The lowest BCUT2D eigenvalue weighted by atomic mass is 9.86. The molecule has 160 valence electrons. The third kappa shape index (κ3) is 5.58. The number of benzene rings is 1. The summed E-state index contributed by atoms with van der Waals surface area (Å²) in [5.74, 6) is -0.0663. The second-order valence-electron chi connectivity index (χ2n) is 7.34. The first-order chi connectivity index (χ1) is 14.5. The molecule has 0 aliphatic carbocycles. The van der Waals surface area contributed by atoms with Crippen molar-refractivity contribution in [2.24, 2.45) is 10.9 Å². The Kier molecular flexibility index (Phi) is 7.42. The van der Waals surface area contributed by atoms with E-state index < -0.39 is 6.04 Å². The number of hydrogen-bond donors (Lipinski definition) is 5. The highest BCUT2D eigenvalue weighted by molar-refractivity contribution is 7.14. The van der Waals surface area contributed by atoms with E-state index in [1.807, 2.05) is 18.2 Å². The zero-order valence-corrected chi connectivity index (χ0v) is 17.6. The number of rotatable bonds is 7. The van der Waals surface area contributed by atoms with Gasteiger partial charge in [0.2, 0.25) is 11.8 Å². The van der Waals surface area contributed by atoms with Crippen molar-refractivity contribution in [2.45, 2.75) is 44.3 Å². The first kappa shape index (κ1) is 21.8. The molecule has 1 aromatic carbocycles. The van der Waals surface area contributed by atoms with Gasteiger partial charge in [-0.1, -0.05) is 35.5 Å². The maximum atomic E-state index is 12.7. The Balaban J connectivity index is 1.48. The quantitative estimate of drug-likeness (QED) is 0.197. The number of piperidine rings is 1. The van der Waals surface area contributed by atoms with E-state index in [0.29, 0.717) is 23.8 Å². The molecule has 1 aliphatic heterocycles. The normalized spacial score (nSPS) is 20.4. The van der Waals surface area contributed by atoms with Crippen LogP contribution in [-0.2, 0) is 16.1 Å². The molecule has 0 radical (unpaired) electrons. The van der Waals surface area contributed by atoms with Crippen LogP contribution in [0.15, 0.2) is 47.6 Å². The summed E-state index contributed by atoms with van der Waals surface area (Å²) in [6, 6.07) is 12.8. The van der Waals surface area contributed by atoms with Gasteiger partial charge in [-0.3, -0.25) is 9.59 Å². The van der Waals surface area contributed by atoms with E-state index in [1.54, 1.807) is 19.1 Å². The summed E-state index contributed by atoms with van der Waals surface area (Å²) in [4.78, 5) is 26.5. The summed E-state index contributed by atoms with van der Waals surface area (Å²) in [7, 11) is 0. The Hall–Kier alpha value is -2.91. The first-order valence-electron chi connectivity index (χ1n) is 9.91. The minimum atomic E-state index is -0.653. The van der Waals surface area contributed by atoms with Crippen LogP contribution in [0.25, 0.3) is 0 Å². The maximum Gasteiger partial charge on any atom is 0.242 e. The summed E-state index contributed by atoms with van der Waals surface area (Å²) in [6.45, 7) is 2.74. The van der Waals surface area contributed by atoms with Gasteiger partial charge in [0.1, 0.15) is 6.04 Å². The minimum absolute atomic E-state index is 0.0343. The van der Waals surface area contributed by atoms with E-state index in [-0.39, 0.29) is 23.7 Å². The molecule has 1 aliphatic rings. The lowest BCUT2D eigenvalue weighted by molar-refractivity contribution is -0.130. The van der Waals surface area contributed by atoms with Gasteiger partial charge in [-0.2, -0.15) is 0 Å². The van der Waals surface area contributed by atoms with Crippen LogP contribution in [-0.4, -0.2) is 41.5 Å². The molecule has 8 nitrogen and oxygen atoms in total. The predicted molar refractivity (Wildman–Crippen MR) is 116 cm³/mol. The molecule has 2 aromatic rings. The summed E-state index contributed by atoms with van der Waals surface area (Å²) in [5, 5.41) is 20.5. The van der Waals surface area contributed by atoms with Gasteiger partial charge in [-0.25, -0.2) is 0 Å². The fourth-order valence-corrected chi connectivity index (χ4v) is 4.36. The summed E-state index contributed by atoms with van der Waals surface area (Å²) < 4.78 is 0. The molecule has 2 heterocycles. The number of carbonyl (C=O) groups excluding carboxylic acids is 2. The van der Waals surface area contributed by atoms with Crippen LogP contribution in [0.4, 0.5) is 0 Å². The topological polar surface area (TPSA) is 129 Å². The van der Waals surface area contributed by atoms with Crippen LogP contribution in [0.3, 0.4) is 0 Å². The molecule has 9 heteroatoms. The van der Waals surface area contributed by atoms with Crippen LogP contribution in [0, 0.1) is 0 Å². The van der Waals surface area contributed by atoms with E-state index >= 15 is 0 Å². The first-order valence-corrected chi connectivity index (χ1v) is 10.7. The van der Waals surface area contributed by atoms with Crippen LogP contribution >= 0.6 is 11.3 Å². The number of carbonyl (C=O) groups is 2. The highest BCUT2D eigenvalue weighted by Gasteiger charge is 2.29. The van der Waals surface area contributed by atoms with Crippen molar-refractivity contribution in [3.63, 3.8) is 0 Å². The average Bonchev–Trinajstić information content (AvgIpc) is 3.26. The maximum absolute atomic E-state index is 12.7. The van der Waals surface area contributed by atoms with Crippen molar-refractivity contribution >= 4 is 29.0 Å². The van der Waals surface area contributed by atoms with Crippen LogP contribution < -0.4 is 21.7 Å². The Labute approximate surface area is 179 Å². The van der Waals surface area contributed by atoms with Gasteiger partial charge in [0, 0.05) is 4.88 Å².